The van der Waals surface area contributed by atoms with Crippen molar-refractivity contribution in [3.63, 3.8) is 0 Å². The van der Waals surface area contributed by atoms with Crippen molar-refractivity contribution in [2.45, 2.75) is 19.4 Å². The van der Waals surface area contributed by atoms with E-state index in [2.05, 4.69) is 0 Å². The molecule has 4 nitrogen and oxygen atoms in total. The molecule has 4 N–H and O–H groups in total. The van der Waals surface area contributed by atoms with Crippen LogP contribution in [0.5, 0.6) is 5.75 Å². The van der Waals surface area contributed by atoms with E-state index in [-0.39, 0.29) is 16.7 Å². The highest BCUT2D eigenvalue weighted by Crippen LogP contribution is 2.31. The second kappa shape index (κ2) is 4.44. The fourth-order valence-corrected chi connectivity index (χ4v) is 1.32. The lowest BCUT2D eigenvalue weighted by atomic mass is 10.00. The predicted molar refractivity (Wildman–Crippen MR) is 52.7 cm³/mol. The molecule has 1 rings (SSSR count). The van der Waals surface area contributed by atoms with Gasteiger partial charge >= 0.3 is 5.97 Å². The zero-order valence-electron chi connectivity index (χ0n) is 8.45. The Hall–Kier alpha value is -1.69. The van der Waals surface area contributed by atoms with Crippen LogP contribution in [0.2, 0.25) is 0 Å². The van der Waals surface area contributed by atoms with Crippen molar-refractivity contribution in [2.75, 3.05) is 0 Å². The Bertz CT molecular complexity index is 421. The molecule has 0 saturated heterocycles. The molecule has 0 radical (unpaired) electrons. The van der Waals surface area contributed by atoms with Crippen LogP contribution in [0.1, 0.15) is 27.5 Å². The van der Waals surface area contributed by atoms with Crippen LogP contribution in [0, 0.1) is 6.92 Å². The van der Waals surface area contributed by atoms with Crippen molar-refractivity contribution in [2.24, 2.45) is 5.73 Å². The van der Waals surface area contributed by atoms with Gasteiger partial charge in [-0.1, -0.05) is 0 Å². The van der Waals surface area contributed by atoms with Gasteiger partial charge in [0.1, 0.15) is 5.75 Å². The largest absolute Gasteiger partial charge is 0.507 e. The Morgan fingerprint density at radius 3 is 2.44 bits per heavy atom. The Labute approximate surface area is 90.3 Å². The van der Waals surface area contributed by atoms with Gasteiger partial charge in [0, 0.05) is 5.56 Å². The molecule has 1 aromatic rings. The number of phenolic OH excluding ortho intramolecular Hbond substituents is 1. The normalized spacial score (nSPS) is 12.8. The van der Waals surface area contributed by atoms with E-state index in [1.807, 2.05) is 0 Å². The van der Waals surface area contributed by atoms with Gasteiger partial charge < -0.3 is 15.9 Å². The minimum absolute atomic E-state index is 0.179. The van der Waals surface area contributed by atoms with Gasteiger partial charge in [-0.25, -0.2) is 13.6 Å². The Morgan fingerprint density at radius 1 is 1.44 bits per heavy atom. The van der Waals surface area contributed by atoms with Crippen LogP contribution in [0.15, 0.2) is 12.1 Å². The summed E-state index contributed by atoms with van der Waals surface area (Å²) in [6, 6.07) is 0.457. The van der Waals surface area contributed by atoms with Gasteiger partial charge in [0.05, 0.1) is 11.6 Å². The third-order valence-corrected chi connectivity index (χ3v) is 2.21. The van der Waals surface area contributed by atoms with Crippen LogP contribution in [0.4, 0.5) is 8.78 Å². The maximum absolute atomic E-state index is 12.4. The quantitative estimate of drug-likeness (QED) is 0.738. The molecule has 0 aliphatic rings. The number of hydrogen-bond donors (Lipinski definition) is 3. The SMILES string of the molecule is Cc1cc(C(=O)O)cc([C@H](N)C(F)F)c1O. The summed E-state index contributed by atoms with van der Waals surface area (Å²) in [6.45, 7) is 1.42. The molecule has 0 unspecified atom stereocenters. The molecule has 0 fully saturated rings. The molecule has 1 aromatic carbocycles. The van der Waals surface area contributed by atoms with Crippen molar-refractivity contribution >= 4 is 5.97 Å². The van der Waals surface area contributed by atoms with Gasteiger partial charge in [-0.05, 0) is 24.6 Å². The van der Waals surface area contributed by atoms with Crippen molar-refractivity contribution < 1.29 is 23.8 Å². The van der Waals surface area contributed by atoms with Gasteiger partial charge in [-0.3, -0.25) is 0 Å². The zero-order chi connectivity index (χ0) is 12.5. The summed E-state index contributed by atoms with van der Waals surface area (Å²) in [5, 5.41) is 18.3. The lowest BCUT2D eigenvalue weighted by Gasteiger charge is -2.15. The van der Waals surface area contributed by atoms with Crippen LogP contribution < -0.4 is 5.73 Å². The predicted octanol–water partition coefficient (Wildman–Crippen LogP) is 1.66. The number of carbonyl (C=O) groups is 1. The van der Waals surface area contributed by atoms with Crippen molar-refractivity contribution in [1.29, 1.82) is 0 Å². The lowest BCUT2D eigenvalue weighted by molar-refractivity contribution is 0.0695. The maximum Gasteiger partial charge on any atom is 0.335 e. The minimum Gasteiger partial charge on any atom is -0.507 e. The topological polar surface area (TPSA) is 83.5 Å². The van der Waals surface area contributed by atoms with Crippen LogP contribution in [-0.2, 0) is 0 Å². The van der Waals surface area contributed by atoms with Crippen LogP contribution in [0.25, 0.3) is 0 Å². The molecule has 16 heavy (non-hydrogen) atoms. The highest BCUT2D eigenvalue weighted by Gasteiger charge is 2.23. The summed E-state index contributed by atoms with van der Waals surface area (Å²) >= 11 is 0. The van der Waals surface area contributed by atoms with Crippen molar-refractivity contribution in [3.8, 4) is 5.75 Å². The molecule has 0 spiro atoms. The summed E-state index contributed by atoms with van der Waals surface area (Å²) in [4.78, 5) is 10.7. The average molecular weight is 231 g/mol. The highest BCUT2D eigenvalue weighted by molar-refractivity contribution is 5.88. The second-order valence-corrected chi connectivity index (χ2v) is 3.40. The molecule has 6 heteroatoms. The Balaban J connectivity index is 3.32. The van der Waals surface area contributed by atoms with E-state index in [1.54, 1.807) is 0 Å². The number of halogens is 2. The van der Waals surface area contributed by atoms with Crippen LogP contribution in [0.3, 0.4) is 0 Å². The molecule has 0 bridgehead atoms. The van der Waals surface area contributed by atoms with Gasteiger partial charge in [0.2, 0.25) is 0 Å². The summed E-state index contributed by atoms with van der Waals surface area (Å²) < 4.78 is 24.8. The molecule has 88 valence electrons. The van der Waals surface area contributed by atoms with E-state index in [9.17, 15) is 18.7 Å². The molecular weight excluding hydrogens is 220 g/mol. The number of carboxylic acid groups (broad SMARTS) is 1. The third kappa shape index (κ3) is 2.27. The molecule has 0 amide bonds. The Morgan fingerprint density at radius 2 is 2.00 bits per heavy atom. The second-order valence-electron chi connectivity index (χ2n) is 3.40. The van der Waals surface area contributed by atoms with E-state index in [0.29, 0.717) is 0 Å². The average Bonchev–Trinajstić information content (AvgIpc) is 2.20. The summed E-state index contributed by atoms with van der Waals surface area (Å²) in [5.41, 5.74) is 4.94. The van der Waals surface area contributed by atoms with E-state index in [1.165, 1.54) is 13.0 Å². The molecule has 0 heterocycles. The molecule has 0 aromatic heterocycles. The first-order chi connectivity index (χ1) is 7.34. The lowest BCUT2D eigenvalue weighted by Crippen LogP contribution is -2.19. The highest BCUT2D eigenvalue weighted by atomic mass is 19.3. The van der Waals surface area contributed by atoms with Crippen LogP contribution >= 0.6 is 0 Å². The minimum atomic E-state index is -2.87. The summed E-state index contributed by atoms with van der Waals surface area (Å²) in [5.74, 6) is -1.65. The molecule has 0 aliphatic heterocycles. The fraction of sp³-hybridized carbons (Fsp3) is 0.300. The number of nitrogens with two attached hydrogens (primary N) is 1. The standard InChI is InChI=1S/C10H11F2NO3/c1-4-2-5(10(15)16)3-6(8(4)14)7(13)9(11)12/h2-3,7,9,14H,13H2,1H3,(H,15,16)/t7-/m0/s1. The first-order valence-electron chi connectivity index (χ1n) is 4.45. The van der Waals surface area contributed by atoms with Crippen molar-refractivity contribution in [1.82, 2.24) is 0 Å². The van der Waals surface area contributed by atoms with Gasteiger partial charge in [-0.15, -0.1) is 0 Å². The number of aryl methyl sites for hydroxylation is 1. The zero-order valence-corrected chi connectivity index (χ0v) is 8.45. The number of aromatic hydroxyl groups is 1. The number of alkyl halides is 2. The third-order valence-electron chi connectivity index (χ3n) is 2.21. The molecule has 0 aliphatic carbocycles. The fourth-order valence-electron chi connectivity index (χ4n) is 1.32. The van der Waals surface area contributed by atoms with E-state index >= 15 is 0 Å². The molecule has 0 saturated carbocycles. The number of hydrogen-bond acceptors (Lipinski definition) is 3. The van der Waals surface area contributed by atoms with Crippen molar-refractivity contribution in [3.05, 3.63) is 28.8 Å². The van der Waals surface area contributed by atoms with E-state index < -0.39 is 24.2 Å². The Kier molecular flexibility index (Phi) is 3.44. The van der Waals surface area contributed by atoms with E-state index in [4.69, 9.17) is 10.8 Å². The smallest absolute Gasteiger partial charge is 0.335 e. The number of rotatable bonds is 3. The summed E-state index contributed by atoms with van der Waals surface area (Å²) in [6.07, 6.45) is -2.87. The number of phenols is 1. The molecular formula is C10H11F2NO3. The number of aromatic carboxylic acids is 1. The number of carboxylic acids is 1. The maximum atomic E-state index is 12.4. The monoisotopic (exact) mass is 231 g/mol. The first-order valence-corrected chi connectivity index (χ1v) is 4.45. The summed E-state index contributed by atoms with van der Waals surface area (Å²) in [7, 11) is 0. The number of benzene rings is 1. The van der Waals surface area contributed by atoms with E-state index in [0.717, 1.165) is 6.07 Å². The molecule has 1 atom stereocenters. The first kappa shape index (κ1) is 12.4. The van der Waals surface area contributed by atoms with Crippen LogP contribution in [-0.4, -0.2) is 22.6 Å². The van der Waals surface area contributed by atoms with Gasteiger partial charge in [-0.2, -0.15) is 0 Å². The van der Waals surface area contributed by atoms with Gasteiger partial charge in [0.25, 0.3) is 6.43 Å². The van der Waals surface area contributed by atoms with Gasteiger partial charge in [0.15, 0.2) is 0 Å².